The number of nitrogens with zero attached hydrogens (tertiary/aromatic N) is 2. The highest BCUT2D eigenvalue weighted by Crippen LogP contribution is 1.99. The third-order valence-electron chi connectivity index (χ3n) is 2.19. The minimum absolute atomic E-state index is 0.123. The quantitative estimate of drug-likeness (QED) is 0.691. The number of hydrogen-bond acceptors (Lipinski definition) is 4. The molecule has 4 heteroatoms. The van der Waals surface area contributed by atoms with Crippen molar-refractivity contribution in [3.8, 4) is 0 Å². The van der Waals surface area contributed by atoms with Crippen LogP contribution in [0.5, 0.6) is 0 Å². The number of unbranched alkanes of at least 4 members (excludes halogenated alkanes) is 1. The van der Waals surface area contributed by atoms with Gasteiger partial charge in [0.2, 0.25) is 0 Å². The zero-order valence-electron chi connectivity index (χ0n) is 9.90. The molecule has 0 aliphatic rings. The fraction of sp³-hybridized carbons (Fsp3) is 0.583. The van der Waals surface area contributed by atoms with Crippen molar-refractivity contribution in [3.05, 3.63) is 23.8 Å². The zero-order valence-corrected chi connectivity index (χ0v) is 9.90. The van der Waals surface area contributed by atoms with Gasteiger partial charge in [-0.05, 0) is 13.3 Å². The van der Waals surface area contributed by atoms with Crippen molar-refractivity contribution in [1.82, 2.24) is 9.97 Å². The highest BCUT2D eigenvalue weighted by Gasteiger charge is 2.02. The van der Waals surface area contributed by atoms with Crippen LogP contribution in [0.25, 0.3) is 0 Å². The van der Waals surface area contributed by atoms with E-state index in [0.29, 0.717) is 19.4 Å². The molecule has 0 saturated carbocycles. The minimum Gasteiger partial charge on any atom is -0.465 e. The third kappa shape index (κ3) is 4.87. The van der Waals surface area contributed by atoms with Gasteiger partial charge in [-0.3, -0.25) is 14.8 Å². The average molecular weight is 222 g/mol. The summed E-state index contributed by atoms with van der Waals surface area (Å²) in [6.45, 7) is 4.33. The van der Waals surface area contributed by atoms with Gasteiger partial charge >= 0.3 is 5.97 Å². The molecule has 0 fully saturated rings. The third-order valence-corrected chi connectivity index (χ3v) is 2.19. The number of carbonyl (C=O) groups excluding carboxylic acids is 1. The Morgan fingerprint density at radius 2 is 2.19 bits per heavy atom. The van der Waals surface area contributed by atoms with Gasteiger partial charge in [0.15, 0.2) is 0 Å². The Bertz CT molecular complexity index is 322. The maximum Gasteiger partial charge on any atom is 0.305 e. The predicted octanol–water partition coefficient (Wildman–Crippen LogP) is 2.06. The monoisotopic (exact) mass is 222 g/mol. The molecule has 0 aliphatic carbocycles. The first-order valence-corrected chi connectivity index (χ1v) is 5.65. The molecular formula is C12H18N2O2. The Morgan fingerprint density at radius 1 is 1.38 bits per heavy atom. The summed E-state index contributed by atoms with van der Waals surface area (Å²) in [5.74, 6) is -0.123. The molecule has 1 aromatic rings. The molecule has 1 heterocycles. The molecule has 16 heavy (non-hydrogen) atoms. The summed E-state index contributed by atoms with van der Waals surface area (Å²) in [7, 11) is 0. The SMILES string of the molecule is CCCCC(=O)OCCc1cnc(C)cn1. The van der Waals surface area contributed by atoms with E-state index in [0.717, 1.165) is 24.2 Å². The summed E-state index contributed by atoms with van der Waals surface area (Å²) in [6, 6.07) is 0. The van der Waals surface area contributed by atoms with Crippen LogP contribution in [-0.4, -0.2) is 22.5 Å². The molecule has 1 aromatic heterocycles. The second kappa shape index (κ2) is 6.93. The van der Waals surface area contributed by atoms with Crippen molar-refractivity contribution < 1.29 is 9.53 Å². The lowest BCUT2D eigenvalue weighted by molar-refractivity contribution is -0.143. The number of esters is 1. The van der Waals surface area contributed by atoms with Gasteiger partial charge in [-0.2, -0.15) is 0 Å². The van der Waals surface area contributed by atoms with Gasteiger partial charge in [0.05, 0.1) is 18.0 Å². The molecule has 0 spiro atoms. The van der Waals surface area contributed by atoms with E-state index in [4.69, 9.17) is 4.74 Å². The molecule has 4 nitrogen and oxygen atoms in total. The van der Waals surface area contributed by atoms with Crippen molar-refractivity contribution in [2.45, 2.75) is 39.5 Å². The first-order valence-electron chi connectivity index (χ1n) is 5.65. The minimum atomic E-state index is -0.123. The van der Waals surface area contributed by atoms with Crippen molar-refractivity contribution in [3.63, 3.8) is 0 Å². The molecule has 0 bridgehead atoms. The lowest BCUT2D eigenvalue weighted by Gasteiger charge is -2.03. The molecule has 88 valence electrons. The number of ether oxygens (including phenoxy) is 1. The maximum absolute atomic E-state index is 11.2. The van der Waals surface area contributed by atoms with Gasteiger partial charge < -0.3 is 4.74 Å². The molecule has 0 atom stereocenters. The summed E-state index contributed by atoms with van der Waals surface area (Å²) in [4.78, 5) is 19.5. The Labute approximate surface area is 96.1 Å². The van der Waals surface area contributed by atoms with E-state index in [9.17, 15) is 4.79 Å². The Kier molecular flexibility index (Phi) is 5.46. The smallest absolute Gasteiger partial charge is 0.305 e. The fourth-order valence-electron chi connectivity index (χ4n) is 1.21. The van der Waals surface area contributed by atoms with E-state index in [-0.39, 0.29) is 5.97 Å². The molecule has 0 saturated heterocycles. The fourth-order valence-corrected chi connectivity index (χ4v) is 1.21. The lowest BCUT2D eigenvalue weighted by atomic mass is 10.2. The summed E-state index contributed by atoms with van der Waals surface area (Å²) in [6.07, 6.45) is 6.48. The molecule has 0 N–H and O–H groups in total. The molecule has 1 rings (SSSR count). The van der Waals surface area contributed by atoms with Gasteiger partial charge in [-0.15, -0.1) is 0 Å². The highest BCUT2D eigenvalue weighted by atomic mass is 16.5. The van der Waals surface area contributed by atoms with Gasteiger partial charge in [-0.25, -0.2) is 0 Å². The summed E-state index contributed by atoms with van der Waals surface area (Å²) < 4.78 is 5.07. The predicted molar refractivity (Wildman–Crippen MR) is 61.0 cm³/mol. The standard InChI is InChI=1S/C12H18N2O2/c1-3-4-5-12(15)16-7-6-11-9-13-10(2)8-14-11/h8-9H,3-7H2,1-2H3. The van der Waals surface area contributed by atoms with Crippen LogP contribution in [0.15, 0.2) is 12.4 Å². The van der Waals surface area contributed by atoms with Gasteiger partial charge in [0.25, 0.3) is 0 Å². The Hall–Kier alpha value is -1.45. The first-order chi connectivity index (χ1) is 7.72. The first kappa shape index (κ1) is 12.6. The van der Waals surface area contributed by atoms with Crippen LogP contribution in [0.2, 0.25) is 0 Å². The van der Waals surface area contributed by atoms with E-state index in [1.165, 1.54) is 0 Å². The number of carbonyl (C=O) groups is 1. The van der Waals surface area contributed by atoms with Crippen LogP contribution in [-0.2, 0) is 16.0 Å². The number of hydrogen-bond donors (Lipinski definition) is 0. The number of aromatic nitrogens is 2. The van der Waals surface area contributed by atoms with E-state index in [1.807, 2.05) is 6.92 Å². The topological polar surface area (TPSA) is 52.1 Å². The molecule has 0 radical (unpaired) electrons. The Morgan fingerprint density at radius 3 is 2.81 bits per heavy atom. The highest BCUT2D eigenvalue weighted by molar-refractivity contribution is 5.69. The van der Waals surface area contributed by atoms with Crippen LogP contribution >= 0.6 is 0 Å². The van der Waals surface area contributed by atoms with Crippen LogP contribution in [0.3, 0.4) is 0 Å². The van der Waals surface area contributed by atoms with Crippen LogP contribution in [0.1, 0.15) is 37.6 Å². The normalized spacial score (nSPS) is 10.1. The average Bonchev–Trinajstić information content (AvgIpc) is 2.29. The lowest BCUT2D eigenvalue weighted by Crippen LogP contribution is -2.08. The van der Waals surface area contributed by atoms with E-state index >= 15 is 0 Å². The maximum atomic E-state index is 11.2. The molecule has 0 aromatic carbocycles. The summed E-state index contributed by atoms with van der Waals surface area (Å²) in [5, 5.41) is 0. The second-order valence-corrected chi connectivity index (χ2v) is 3.72. The van der Waals surface area contributed by atoms with Crippen LogP contribution in [0.4, 0.5) is 0 Å². The van der Waals surface area contributed by atoms with E-state index < -0.39 is 0 Å². The van der Waals surface area contributed by atoms with Crippen molar-refractivity contribution in [2.24, 2.45) is 0 Å². The van der Waals surface area contributed by atoms with Crippen molar-refractivity contribution >= 4 is 5.97 Å². The summed E-state index contributed by atoms with van der Waals surface area (Å²) in [5.41, 5.74) is 1.75. The number of aryl methyl sites for hydroxylation is 1. The van der Waals surface area contributed by atoms with Gasteiger partial charge in [-0.1, -0.05) is 13.3 Å². The molecule has 0 unspecified atom stereocenters. The van der Waals surface area contributed by atoms with Crippen LogP contribution in [0, 0.1) is 6.92 Å². The van der Waals surface area contributed by atoms with E-state index in [1.54, 1.807) is 12.4 Å². The largest absolute Gasteiger partial charge is 0.465 e. The molecule has 0 aliphatic heterocycles. The van der Waals surface area contributed by atoms with Gasteiger partial charge in [0, 0.05) is 25.2 Å². The van der Waals surface area contributed by atoms with E-state index in [2.05, 4.69) is 16.9 Å². The van der Waals surface area contributed by atoms with Gasteiger partial charge in [0.1, 0.15) is 0 Å². The van der Waals surface area contributed by atoms with Crippen LogP contribution < -0.4 is 0 Å². The number of rotatable bonds is 6. The Balaban J connectivity index is 2.20. The molecule has 0 amide bonds. The van der Waals surface area contributed by atoms with Crippen molar-refractivity contribution in [1.29, 1.82) is 0 Å². The second-order valence-electron chi connectivity index (χ2n) is 3.72. The summed E-state index contributed by atoms with van der Waals surface area (Å²) >= 11 is 0. The zero-order chi connectivity index (χ0) is 11.8. The molecular weight excluding hydrogens is 204 g/mol. The van der Waals surface area contributed by atoms with Crippen molar-refractivity contribution in [2.75, 3.05) is 6.61 Å².